The molecule has 7 nitrogen and oxygen atoms in total. The number of nitrogens with zero attached hydrogens (tertiary/aromatic N) is 1. The van der Waals surface area contributed by atoms with Crippen LogP contribution in [0, 0.1) is 0 Å². The normalized spacial score (nSPS) is 13.4. The van der Waals surface area contributed by atoms with E-state index >= 15 is 0 Å². The van der Waals surface area contributed by atoms with Gasteiger partial charge in [0.05, 0.1) is 26.5 Å². The summed E-state index contributed by atoms with van der Waals surface area (Å²) in [6.07, 6.45) is 1.55. The first kappa shape index (κ1) is 22.2. The molecule has 3 N–H and O–H groups in total. The fraction of sp³-hybridized carbons (Fsp3) is 0.292. The monoisotopic (exact) mass is 423 g/mol. The molecule has 2 aromatic carbocycles. The van der Waals surface area contributed by atoms with Crippen molar-refractivity contribution in [2.24, 2.45) is 4.99 Å². The first-order valence-electron chi connectivity index (χ1n) is 10.2. The largest absolute Gasteiger partial charge is 0.493 e. The van der Waals surface area contributed by atoms with Gasteiger partial charge in [0.2, 0.25) is 0 Å². The highest BCUT2D eigenvalue weighted by atomic mass is 16.5. The maximum Gasteiger partial charge on any atom is 0.191 e. The van der Waals surface area contributed by atoms with Crippen molar-refractivity contribution in [3.63, 3.8) is 0 Å². The maximum absolute atomic E-state index is 10.6. The summed E-state index contributed by atoms with van der Waals surface area (Å²) < 4.78 is 16.5. The summed E-state index contributed by atoms with van der Waals surface area (Å²) in [6, 6.07) is 18.8. The van der Waals surface area contributed by atoms with E-state index in [9.17, 15) is 5.11 Å². The van der Waals surface area contributed by atoms with Crippen molar-refractivity contribution in [3.8, 4) is 17.2 Å². The molecule has 1 unspecified atom stereocenters. The zero-order valence-electron chi connectivity index (χ0n) is 18.1. The van der Waals surface area contributed by atoms with Gasteiger partial charge in [0.25, 0.3) is 0 Å². The van der Waals surface area contributed by atoms with E-state index in [4.69, 9.17) is 13.9 Å². The first-order chi connectivity index (χ1) is 15.0. The van der Waals surface area contributed by atoms with Gasteiger partial charge in [-0.15, -0.1) is 0 Å². The molecule has 3 rings (SSSR count). The number of aliphatic hydroxyl groups is 1. The molecule has 1 aromatic heterocycles. The zero-order chi connectivity index (χ0) is 22.1. The average Bonchev–Trinajstić information content (AvgIpc) is 3.33. The Balaban J connectivity index is 1.60. The number of methoxy groups -OCH3 is 1. The SMILES string of the molecule is CCNC(=NCc1ccc(Oc2ccccc2OC)cc1)NCC(C)(O)c1ccco1. The Bertz CT molecular complexity index is 967. The second-order valence-electron chi connectivity index (χ2n) is 7.20. The van der Waals surface area contributed by atoms with Gasteiger partial charge in [0.1, 0.15) is 17.1 Å². The lowest BCUT2D eigenvalue weighted by Gasteiger charge is -2.22. The molecule has 0 amide bonds. The zero-order valence-corrected chi connectivity index (χ0v) is 18.1. The predicted octanol–water partition coefficient (Wildman–Crippen LogP) is 4.04. The lowest BCUT2D eigenvalue weighted by Crippen LogP contribution is -2.44. The number of hydrogen-bond donors (Lipinski definition) is 3. The highest BCUT2D eigenvalue weighted by Crippen LogP contribution is 2.30. The van der Waals surface area contributed by atoms with Crippen molar-refractivity contribution in [1.82, 2.24) is 10.6 Å². The highest BCUT2D eigenvalue weighted by molar-refractivity contribution is 5.79. The third kappa shape index (κ3) is 6.26. The van der Waals surface area contributed by atoms with Crippen LogP contribution in [0.5, 0.6) is 17.2 Å². The van der Waals surface area contributed by atoms with E-state index in [-0.39, 0.29) is 6.54 Å². The van der Waals surface area contributed by atoms with Gasteiger partial charge in [-0.25, -0.2) is 4.99 Å². The summed E-state index contributed by atoms with van der Waals surface area (Å²) in [4.78, 5) is 4.60. The van der Waals surface area contributed by atoms with Crippen LogP contribution in [0.3, 0.4) is 0 Å². The Morgan fingerprint density at radius 3 is 2.42 bits per heavy atom. The molecule has 0 saturated carbocycles. The molecule has 164 valence electrons. The van der Waals surface area contributed by atoms with Crippen LogP contribution in [-0.4, -0.2) is 31.3 Å². The Hall–Kier alpha value is -3.45. The number of benzene rings is 2. The van der Waals surface area contributed by atoms with Crippen molar-refractivity contribution in [3.05, 3.63) is 78.3 Å². The molecule has 0 aliphatic carbocycles. The third-order valence-electron chi connectivity index (χ3n) is 4.64. The van der Waals surface area contributed by atoms with E-state index in [1.54, 1.807) is 32.4 Å². The number of aliphatic imine (C=N–C) groups is 1. The Morgan fingerprint density at radius 2 is 1.77 bits per heavy atom. The smallest absolute Gasteiger partial charge is 0.191 e. The molecule has 0 radical (unpaired) electrons. The molecule has 0 aliphatic rings. The summed E-state index contributed by atoms with van der Waals surface area (Å²) in [5.41, 5.74) is -0.112. The van der Waals surface area contributed by atoms with Crippen LogP contribution < -0.4 is 20.1 Å². The Kier molecular flexibility index (Phi) is 7.56. The minimum atomic E-state index is -1.14. The van der Waals surface area contributed by atoms with Crippen molar-refractivity contribution >= 4 is 5.96 Å². The number of guanidine groups is 1. The lowest BCUT2D eigenvalue weighted by molar-refractivity contribution is 0.0386. The van der Waals surface area contributed by atoms with E-state index in [1.165, 1.54) is 0 Å². The van der Waals surface area contributed by atoms with E-state index in [0.29, 0.717) is 36.3 Å². The van der Waals surface area contributed by atoms with Crippen molar-refractivity contribution in [1.29, 1.82) is 0 Å². The van der Waals surface area contributed by atoms with Crippen LogP contribution in [0.4, 0.5) is 0 Å². The number of rotatable bonds is 9. The number of hydrogen-bond acceptors (Lipinski definition) is 5. The van der Waals surface area contributed by atoms with Crippen LogP contribution in [0.15, 0.2) is 76.3 Å². The number of para-hydroxylation sites is 2. The van der Waals surface area contributed by atoms with Gasteiger partial charge >= 0.3 is 0 Å². The van der Waals surface area contributed by atoms with Gasteiger partial charge in [-0.3, -0.25) is 0 Å². The van der Waals surface area contributed by atoms with Gasteiger partial charge in [-0.05, 0) is 55.8 Å². The fourth-order valence-electron chi connectivity index (χ4n) is 2.93. The van der Waals surface area contributed by atoms with Crippen LogP contribution in [0.2, 0.25) is 0 Å². The second-order valence-corrected chi connectivity index (χ2v) is 7.20. The summed E-state index contributed by atoms with van der Waals surface area (Å²) in [6.45, 7) is 5.14. The number of furan rings is 1. The minimum absolute atomic E-state index is 0.262. The molecule has 0 fully saturated rings. The molecule has 7 heteroatoms. The van der Waals surface area contributed by atoms with Crippen molar-refractivity contribution < 1.29 is 19.0 Å². The minimum Gasteiger partial charge on any atom is -0.493 e. The lowest BCUT2D eigenvalue weighted by atomic mass is 10.0. The average molecular weight is 424 g/mol. The molecule has 1 atom stereocenters. The summed E-state index contributed by atoms with van der Waals surface area (Å²) in [5, 5.41) is 17.0. The van der Waals surface area contributed by atoms with Gasteiger partial charge in [0, 0.05) is 6.54 Å². The van der Waals surface area contributed by atoms with Crippen LogP contribution in [-0.2, 0) is 12.1 Å². The fourth-order valence-corrected chi connectivity index (χ4v) is 2.93. The quantitative estimate of drug-likeness (QED) is 0.356. The van der Waals surface area contributed by atoms with E-state index in [2.05, 4.69) is 15.6 Å². The molecule has 0 bridgehead atoms. The van der Waals surface area contributed by atoms with Crippen LogP contribution in [0.1, 0.15) is 25.2 Å². The predicted molar refractivity (Wildman–Crippen MR) is 121 cm³/mol. The molecule has 31 heavy (non-hydrogen) atoms. The van der Waals surface area contributed by atoms with E-state index in [0.717, 1.165) is 11.3 Å². The summed E-state index contributed by atoms with van der Waals surface area (Å²) >= 11 is 0. The molecule has 3 aromatic rings. The number of nitrogens with one attached hydrogen (secondary N) is 2. The van der Waals surface area contributed by atoms with Crippen LogP contribution >= 0.6 is 0 Å². The molecule has 1 heterocycles. The number of ether oxygens (including phenoxy) is 2. The van der Waals surface area contributed by atoms with Crippen molar-refractivity contribution in [2.45, 2.75) is 26.0 Å². The first-order valence-corrected chi connectivity index (χ1v) is 10.2. The summed E-state index contributed by atoms with van der Waals surface area (Å²) in [5.74, 6) is 3.18. The summed E-state index contributed by atoms with van der Waals surface area (Å²) in [7, 11) is 1.62. The highest BCUT2D eigenvalue weighted by Gasteiger charge is 2.26. The van der Waals surface area contributed by atoms with Crippen molar-refractivity contribution in [2.75, 3.05) is 20.2 Å². The van der Waals surface area contributed by atoms with E-state index < -0.39 is 5.60 Å². The second kappa shape index (κ2) is 10.5. The third-order valence-corrected chi connectivity index (χ3v) is 4.64. The Labute approximate surface area is 182 Å². The van der Waals surface area contributed by atoms with Gasteiger partial charge < -0.3 is 29.6 Å². The molecular weight excluding hydrogens is 394 g/mol. The van der Waals surface area contributed by atoms with Crippen LogP contribution in [0.25, 0.3) is 0 Å². The topological polar surface area (TPSA) is 88.3 Å². The van der Waals surface area contributed by atoms with Gasteiger partial charge in [-0.2, -0.15) is 0 Å². The van der Waals surface area contributed by atoms with E-state index in [1.807, 2.05) is 55.5 Å². The Morgan fingerprint density at radius 1 is 1.03 bits per heavy atom. The standard InChI is InChI=1S/C24H29N3O4/c1-4-25-23(27-17-24(2,28)22-10-7-15-30-22)26-16-18-11-13-19(14-12-18)31-21-9-6-5-8-20(21)29-3/h5-15,28H,4,16-17H2,1-3H3,(H2,25,26,27). The molecule has 0 saturated heterocycles. The molecular formula is C24H29N3O4. The van der Waals surface area contributed by atoms with Gasteiger partial charge in [0.15, 0.2) is 17.5 Å². The molecule has 0 aliphatic heterocycles. The maximum atomic E-state index is 10.6. The molecule has 0 spiro atoms. The van der Waals surface area contributed by atoms with Gasteiger partial charge in [-0.1, -0.05) is 24.3 Å².